The Morgan fingerprint density at radius 1 is 1.31 bits per heavy atom. The molecule has 0 amide bonds. The fourth-order valence-electron chi connectivity index (χ4n) is 2.19. The molecule has 0 aromatic heterocycles. The minimum Gasteiger partial charge on any atom is -0.324 e. The maximum Gasteiger partial charge on any atom is 0.0323 e. The van der Waals surface area contributed by atoms with Gasteiger partial charge < -0.3 is 5.73 Å². The van der Waals surface area contributed by atoms with Gasteiger partial charge in [0.25, 0.3) is 0 Å². The van der Waals surface area contributed by atoms with Crippen molar-refractivity contribution in [1.29, 1.82) is 0 Å². The monoisotopic (exact) mass is 175 g/mol. The predicted octanol–water partition coefficient (Wildman–Crippen LogP) is 2.66. The first-order valence-corrected chi connectivity index (χ1v) is 5.12. The van der Waals surface area contributed by atoms with Crippen LogP contribution in [0, 0.1) is 5.92 Å². The third-order valence-electron chi connectivity index (χ3n) is 3.13. The Morgan fingerprint density at radius 2 is 2.08 bits per heavy atom. The van der Waals surface area contributed by atoms with Crippen molar-refractivity contribution >= 4 is 0 Å². The molecule has 0 saturated carbocycles. The van der Waals surface area contributed by atoms with E-state index >= 15 is 0 Å². The molecule has 1 aromatic rings. The number of nitrogens with two attached hydrogens (primary N) is 1. The van der Waals surface area contributed by atoms with E-state index in [1.165, 1.54) is 30.4 Å². The molecule has 0 fully saturated rings. The molecule has 1 aliphatic rings. The van der Waals surface area contributed by atoms with Crippen molar-refractivity contribution < 1.29 is 0 Å². The fraction of sp³-hybridized carbons (Fsp3) is 0.500. The van der Waals surface area contributed by atoms with Crippen LogP contribution in [-0.2, 0) is 6.42 Å². The van der Waals surface area contributed by atoms with Gasteiger partial charge in [0, 0.05) is 6.04 Å². The second-order valence-electron chi connectivity index (χ2n) is 4.09. The summed E-state index contributed by atoms with van der Waals surface area (Å²) in [5.74, 6) is 0.628. The molecular formula is C12H17N. The van der Waals surface area contributed by atoms with Crippen LogP contribution in [0.15, 0.2) is 24.3 Å². The summed E-state index contributed by atoms with van der Waals surface area (Å²) in [5.41, 5.74) is 9.02. The SMILES string of the molecule is C[C@H]1CCCc2ccccc2[C@@H]1N. The molecule has 13 heavy (non-hydrogen) atoms. The molecule has 0 spiro atoms. The van der Waals surface area contributed by atoms with E-state index in [0.29, 0.717) is 5.92 Å². The molecule has 70 valence electrons. The van der Waals surface area contributed by atoms with Crippen molar-refractivity contribution in [2.75, 3.05) is 0 Å². The lowest BCUT2D eigenvalue weighted by molar-refractivity contribution is 0.441. The van der Waals surface area contributed by atoms with Gasteiger partial charge in [-0.05, 0) is 36.3 Å². The van der Waals surface area contributed by atoms with Crippen LogP contribution < -0.4 is 5.73 Å². The highest BCUT2D eigenvalue weighted by Gasteiger charge is 2.20. The standard InChI is InChI=1S/C12H17N/c1-9-5-4-7-10-6-2-3-8-11(10)12(9)13/h2-3,6,8-9,12H,4-5,7,13H2,1H3/t9-,12+/m0/s1. The van der Waals surface area contributed by atoms with Crippen LogP contribution in [0.1, 0.15) is 36.9 Å². The zero-order chi connectivity index (χ0) is 9.26. The fourth-order valence-corrected chi connectivity index (χ4v) is 2.19. The van der Waals surface area contributed by atoms with Crippen LogP contribution >= 0.6 is 0 Å². The quantitative estimate of drug-likeness (QED) is 0.603. The number of aryl methyl sites for hydroxylation is 1. The second kappa shape index (κ2) is 3.51. The summed E-state index contributed by atoms with van der Waals surface area (Å²) >= 11 is 0. The molecule has 2 N–H and O–H groups in total. The van der Waals surface area contributed by atoms with Gasteiger partial charge in [-0.3, -0.25) is 0 Å². The summed E-state index contributed by atoms with van der Waals surface area (Å²) in [6.45, 7) is 2.26. The van der Waals surface area contributed by atoms with E-state index in [1.807, 2.05) is 0 Å². The van der Waals surface area contributed by atoms with E-state index in [0.717, 1.165) is 0 Å². The van der Waals surface area contributed by atoms with Gasteiger partial charge in [-0.25, -0.2) is 0 Å². The lowest BCUT2D eigenvalue weighted by Crippen LogP contribution is -2.18. The van der Waals surface area contributed by atoms with E-state index < -0.39 is 0 Å². The molecule has 1 aromatic carbocycles. The molecule has 1 heteroatoms. The highest BCUT2D eigenvalue weighted by Crippen LogP contribution is 2.30. The molecule has 0 bridgehead atoms. The van der Waals surface area contributed by atoms with Crippen molar-refractivity contribution in [2.24, 2.45) is 11.7 Å². The van der Waals surface area contributed by atoms with Crippen molar-refractivity contribution in [3.63, 3.8) is 0 Å². The van der Waals surface area contributed by atoms with Gasteiger partial charge in [-0.2, -0.15) is 0 Å². The van der Waals surface area contributed by atoms with Gasteiger partial charge in [0.1, 0.15) is 0 Å². The Labute approximate surface area is 80.0 Å². The number of hydrogen-bond donors (Lipinski definition) is 1. The van der Waals surface area contributed by atoms with Gasteiger partial charge in [0.2, 0.25) is 0 Å². The number of fused-ring (bicyclic) bond motifs is 1. The topological polar surface area (TPSA) is 26.0 Å². The smallest absolute Gasteiger partial charge is 0.0323 e. The molecule has 1 nitrogen and oxygen atoms in total. The average Bonchev–Trinajstić information content (AvgIpc) is 2.29. The van der Waals surface area contributed by atoms with Crippen LogP contribution in [0.3, 0.4) is 0 Å². The van der Waals surface area contributed by atoms with Crippen molar-refractivity contribution in [3.05, 3.63) is 35.4 Å². The molecule has 0 saturated heterocycles. The molecule has 0 radical (unpaired) electrons. The van der Waals surface area contributed by atoms with Crippen molar-refractivity contribution in [2.45, 2.75) is 32.2 Å². The van der Waals surface area contributed by atoms with Crippen LogP contribution in [0.5, 0.6) is 0 Å². The summed E-state index contributed by atoms with van der Waals surface area (Å²) in [4.78, 5) is 0. The third-order valence-corrected chi connectivity index (χ3v) is 3.13. The van der Waals surface area contributed by atoms with Crippen LogP contribution in [0.25, 0.3) is 0 Å². The summed E-state index contributed by atoms with van der Waals surface area (Å²) in [5, 5.41) is 0. The molecule has 0 heterocycles. The first-order valence-electron chi connectivity index (χ1n) is 5.12. The van der Waals surface area contributed by atoms with E-state index in [9.17, 15) is 0 Å². The summed E-state index contributed by atoms with van der Waals surface area (Å²) < 4.78 is 0. The maximum absolute atomic E-state index is 6.19. The van der Waals surface area contributed by atoms with Crippen LogP contribution in [0.4, 0.5) is 0 Å². The largest absolute Gasteiger partial charge is 0.324 e. The molecule has 0 unspecified atom stereocenters. The summed E-state index contributed by atoms with van der Waals surface area (Å²) in [7, 11) is 0. The number of benzene rings is 1. The lowest BCUT2D eigenvalue weighted by atomic mass is 9.93. The van der Waals surface area contributed by atoms with Gasteiger partial charge in [-0.15, -0.1) is 0 Å². The Balaban J connectivity index is 2.40. The minimum absolute atomic E-state index is 0.249. The molecule has 0 aliphatic heterocycles. The second-order valence-corrected chi connectivity index (χ2v) is 4.09. The van der Waals surface area contributed by atoms with E-state index in [-0.39, 0.29) is 6.04 Å². The Morgan fingerprint density at radius 3 is 2.92 bits per heavy atom. The molecule has 2 atom stereocenters. The number of rotatable bonds is 0. The van der Waals surface area contributed by atoms with Crippen LogP contribution in [0.2, 0.25) is 0 Å². The van der Waals surface area contributed by atoms with E-state index in [2.05, 4.69) is 31.2 Å². The number of hydrogen-bond acceptors (Lipinski definition) is 1. The Kier molecular flexibility index (Phi) is 2.36. The molecule has 1 aliphatic carbocycles. The Bertz CT molecular complexity index is 293. The summed E-state index contributed by atoms with van der Waals surface area (Å²) in [6.07, 6.45) is 3.75. The minimum atomic E-state index is 0.249. The maximum atomic E-state index is 6.19. The normalized spacial score (nSPS) is 27.8. The van der Waals surface area contributed by atoms with E-state index in [4.69, 9.17) is 5.73 Å². The molecule has 2 rings (SSSR count). The Hall–Kier alpha value is -0.820. The lowest BCUT2D eigenvalue weighted by Gasteiger charge is -2.18. The van der Waals surface area contributed by atoms with Crippen molar-refractivity contribution in [3.8, 4) is 0 Å². The zero-order valence-corrected chi connectivity index (χ0v) is 8.16. The average molecular weight is 175 g/mol. The van der Waals surface area contributed by atoms with Gasteiger partial charge in [-0.1, -0.05) is 31.2 Å². The predicted molar refractivity (Wildman–Crippen MR) is 55.5 cm³/mol. The summed E-state index contributed by atoms with van der Waals surface area (Å²) in [6, 6.07) is 8.85. The highest BCUT2D eigenvalue weighted by atomic mass is 14.7. The third kappa shape index (κ3) is 1.61. The first-order chi connectivity index (χ1) is 6.29. The van der Waals surface area contributed by atoms with Gasteiger partial charge in [0.05, 0.1) is 0 Å². The van der Waals surface area contributed by atoms with Gasteiger partial charge in [0.15, 0.2) is 0 Å². The molecular weight excluding hydrogens is 158 g/mol. The zero-order valence-electron chi connectivity index (χ0n) is 8.16. The van der Waals surface area contributed by atoms with Crippen LogP contribution in [-0.4, -0.2) is 0 Å². The van der Waals surface area contributed by atoms with Crippen molar-refractivity contribution in [1.82, 2.24) is 0 Å². The van der Waals surface area contributed by atoms with E-state index in [1.54, 1.807) is 0 Å². The first kappa shape index (κ1) is 8.76. The van der Waals surface area contributed by atoms with Gasteiger partial charge >= 0.3 is 0 Å². The highest BCUT2D eigenvalue weighted by molar-refractivity contribution is 5.31.